The monoisotopic (exact) mass is 384 g/mol. The Morgan fingerprint density at radius 1 is 1.07 bits per heavy atom. The summed E-state index contributed by atoms with van der Waals surface area (Å²) in [7, 11) is 0. The van der Waals surface area contributed by atoms with E-state index in [2.05, 4.69) is 17.1 Å². The molecule has 142 valence electrons. The molecular weight excluding hydrogens is 360 g/mol. The van der Waals surface area contributed by atoms with Gasteiger partial charge in [-0.05, 0) is 37.6 Å². The molecule has 1 aliphatic heterocycles. The number of amides is 1. The zero-order valence-corrected chi connectivity index (χ0v) is 16.5. The molecule has 0 saturated carbocycles. The second-order valence-corrected chi connectivity index (χ2v) is 6.87. The van der Waals surface area contributed by atoms with Gasteiger partial charge in [-0.1, -0.05) is 42.1 Å². The molecule has 0 aromatic heterocycles. The van der Waals surface area contributed by atoms with Crippen LogP contribution in [-0.2, 0) is 5.75 Å². The third-order valence-corrected chi connectivity index (χ3v) is 5.13. The normalized spacial score (nSPS) is 13.4. The van der Waals surface area contributed by atoms with Crippen LogP contribution in [0.5, 0.6) is 11.5 Å². The smallest absolute Gasteiger partial charge is 0.260 e. The topological polar surface area (TPSA) is 51.1 Å². The molecule has 0 radical (unpaired) electrons. The van der Waals surface area contributed by atoms with Crippen molar-refractivity contribution in [1.82, 2.24) is 4.90 Å². The van der Waals surface area contributed by atoms with Crippen LogP contribution >= 0.6 is 11.8 Å². The lowest BCUT2D eigenvalue weighted by Gasteiger charge is -2.19. The van der Waals surface area contributed by atoms with Crippen molar-refractivity contribution < 1.29 is 14.3 Å². The average Bonchev–Trinajstić information content (AvgIpc) is 3.17. The summed E-state index contributed by atoms with van der Waals surface area (Å²) in [6, 6.07) is 15.5. The van der Waals surface area contributed by atoms with E-state index in [1.54, 1.807) is 34.9 Å². The number of ether oxygens (including phenoxy) is 2. The molecule has 0 fully saturated rings. The van der Waals surface area contributed by atoms with Gasteiger partial charge in [0.1, 0.15) is 0 Å². The van der Waals surface area contributed by atoms with E-state index in [0.717, 1.165) is 10.9 Å². The molecule has 0 bridgehead atoms. The Morgan fingerprint density at radius 3 is 2.56 bits per heavy atom. The molecule has 2 aromatic carbocycles. The van der Waals surface area contributed by atoms with Crippen LogP contribution < -0.4 is 9.47 Å². The van der Waals surface area contributed by atoms with Crippen molar-refractivity contribution in [3.63, 3.8) is 0 Å². The highest BCUT2D eigenvalue weighted by atomic mass is 32.2. The second-order valence-electron chi connectivity index (χ2n) is 5.92. The Hall–Kier alpha value is -2.47. The summed E-state index contributed by atoms with van der Waals surface area (Å²) >= 11 is 1.59. The Kier molecular flexibility index (Phi) is 6.76. The van der Waals surface area contributed by atoms with Crippen molar-refractivity contribution in [3.8, 4) is 11.5 Å². The summed E-state index contributed by atoms with van der Waals surface area (Å²) in [5.41, 5.74) is 1.79. The van der Waals surface area contributed by atoms with Crippen LogP contribution in [0.1, 0.15) is 29.8 Å². The number of nitrogens with zero attached hydrogens (tertiary/aromatic N) is 2. The number of hydrogen-bond donors (Lipinski definition) is 0. The van der Waals surface area contributed by atoms with Gasteiger partial charge in [-0.25, -0.2) is 0 Å². The molecule has 1 heterocycles. The molecule has 5 nitrogen and oxygen atoms in total. The standard InChI is InChI=1S/C21H24N2O3S/c1-3-25-18-11-10-17(14-19(18)26-4-2)20(24)23-13-12-22-21(23)27-15-16-8-6-5-7-9-16/h5-11,14H,3-4,12-13,15H2,1-2H3. The second kappa shape index (κ2) is 9.46. The molecule has 27 heavy (non-hydrogen) atoms. The number of amidine groups is 1. The molecule has 1 aliphatic rings. The quantitative estimate of drug-likeness (QED) is 0.717. The minimum atomic E-state index is -0.0594. The summed E-state index contributed by atoms with van der Waals surface area (Å²) in [6.07, 6.45) is 0. The third kappa shape index (κ3) is 4.83. The summed E-state index contributed by atoms with van der Waals surface area (Å²) in [4.78, 5) is 19.3. The van der Waals surface area contributed by atoms with E-state index in [4.69, 9.17) is 9.47 Å². The van der Waals surface area contributed by atoms with Crippen molar-refractivity contribution in [1.29, 1.82) is 0 Å². The number of hydrogen-bond acceptors (Lipinski definition) is 5. The Labute approximate surface area is 164 Å². The number of benzene rings is 2. The van der Waals surface area contributed by atoms with Gasteiger partial charge in [-0.2, -0.15) is 0 Å². The Balaban J connectivity index is 1.72. The molecule has 3 rings (SSSR count). The van der Waals surface area contributed by atoms with E-state index in [1.807, 2.05) is 32.0 Å². The van der Waals surface area contributed by atoms with Gasteiger partial charge in [-0.3, -0.25) is 14.7 Å². The lowest BCUT2D eigenvalue weighted by molar-refractivity contribution is 0.0860. The van der Waals surface area contributed by atoms with E-state index < -0.39 is 0 Å². The van der Waals surface area contributed by atoms with Crippen LogP contribution in [0.4, 0.5) is 0 Å². The third-order valence-electron chi connectivity index (χ3n) is 4.05. The highest BCUT2D eigenvalue weighted by Crippen LogP contribution is 2.30. The van der Waals surface area contributed by atoms with Gasteiger partial charge in [0.05, 0.1) is 19.8 Å². The van der Waals surface area contributed by atoms with Crippen molar-refractivity contribution >= 4 is 22.8 Å². The number of aliphatic imine (C=N–C) groups is 1. The minimum absolute atomic E-state index is 0.0594. The van der Waals surface area contributed by atoms with E-state index in [0.29, 0.717) is 43.4 Å². The van der Waals surface area contributed by atoms with Gasteiger partial charge >= 0.3 is 0 Å². The molecule has 0 saturated heterocycles. The van der Waals surface area contributed by atoms with Crippen molar-refractivity contribution in [2.24, 2.45) is 4.99 Å². The fourth-order valence-corrected chi connectivity index (χ4v) is 3.80. The van der Waals surface area contributed by atoms with E-state index >= 15 is 0 Å². The van der Waals surface area contributed by atoms with Gasteiger partial charge in [0.2, 0.25) is 0 Å². The maximum atomic E-state index is 13.0. The Morgan fingerprint density at radius 2 is 1.81 bits per heavy atom. The highest BCUT2D eigenvalue weighted by molar-refractivity contribution is 8.13. The zero-order chi connectivity index (χ0) is 19.1. The van der Waals surface area contributed by atoms with Gasteiger partial charge in [0, 0.05) is 17.9 Å². The van der Waals surface area contributed by atoms with Gasteiger partial charge in [0.15, 0.2) is 16.7 Å². The van der Waals surface area contributed by atoms with Crippen LogP contribution in [-0.4, -0.2) is 42.3 Å². The van der Waals surface area contributed by atoms with E-state index in [1.165, 1.54) is 5.56 Å². The van der Waals surface area contributed by atoms with E-state index in [9.17, 15) is 4.79 Å². The number of carbonyl (C=O) groups is 1. The van der Waals surface area contributed by atoms with Gasteiger partial charge in [-0.15, -0.1) is 0 Å². The van der Waals surface area contributed by atoms with Crippen molar-refractivity contribution in [2.75, 3.05) is 26.3 Å². The summed E-state index contributed by atoms with van der Waals surface area (Å²) in [6.45, 7) is 6.14. The minimum Gasteiger partial charge on any atom is -0.490 e. The molecule has 0 N–H and O–H groups in total. The molecule has 2 aromatic rings. The maximum Gasteiger partial charge on any atom is 0.260 e. The fraction of sp³-hybridized carbons (Fsp3) is 0.333. The Bertz CT molecular complexity index is 808. The predicted octanol–water partition coefficient (Wildman–Crippen LogP) is 4.23. The predicted molar refractivity (Wildman–Crippen MR) is 110 cm³/mol. The first kappa shape index (κ1) is 19.3. The first-order chi connectivity index (χ1) is 13.2. The number of thioether (sulfide) groups is 1. The molecule has 0 spiro atoms. The number of rotatable bonds is 7. The molecule has 0 unspecified atom stereocenters. The zero-order valence-electron chi connectivity index (χ0n) is 15.7. The average molecular weight is 385 g/mol. The summed E-state index contributed by atoms with van der Waals surface area (Å²) < 4.78 is 11.2. The van der Waals surface area contributed by atoms with Crippen LogP contribution in [0.15, 0.2) is 53.5 Å². The lowest BCUT2D eigenvalue weighted by Crippen LogP contribution is -2.32. The largest absolute Gasteiger partial charge is 0.490 e. The first-order valence-electron chi connectivity index (χ1n) is 9.15. The van der Waals surface area contributed by atoms with Crippen LogP contribution in [0.2, 0.25) is 0 Å². The molecule has 6 heteroatoms. The van der Waals surface area contributed by atoms with Crippen molar-refractivity contribution in [3.05, 3.63) is 59.7 Å². The highest BCUT2D eigenvalue weighted by Gasteiger charge is 2.26. The lowest BCUT2D eigenvalue weighted by atomic mass is 10.1. The van der Waals surface area contributed by atoms with Crippen LogP contribution in [0, 0.1) is 0 Å². The van der Waals surface area contributed by atoms with E-state index in [-0.39, 0.29) is 5.91 Å². The van der Waals surface area contributed by atoms with Gasteiger partial charge < -0.3 is 9.47 Å². The first-order valence-corrected chi connectivity index (χ1v) is 10.1. The molecule has 0 atom stereocenters. The maximum absolute atomic E-state index is 13.0. The summed E-state index contributed by atoms with van der Waals surface area (Å²) in [5.74, 6) is 1.98. The molecule has 0 aliphatic carbocycles. The summed E-state index contributed by atoms with van der Waals surface area (Å²) in [5, 5.41) is 0.774. The van der Waals surface area contributed by atoms with Crippen LogP contribution in [0.3, 0.4) is 0 Å². The SMILES string of the molecule is CCOc1ccc(C(=O)N2CCN=C2SCc2ccccc2)cc1OCC. The molecule has 1 amide bonds. The van der Waals surface area contributed by atoms with Crippen LogP contribution in [0.25, 0.3) is 0 Å². The fourth-order valence-electron chi connectivity index (χ4n) is 2.80. The van der Waals surface area contributed by atoms with Gasteiger partial charge in [0.25, 0.3) is 5.91 Å². The number of carbonyl (C=O) groups excluding carboxylic acids is 1. The van der Waals surface area contributed by atoms with Crippen molar-refractivity contribution in [2.45, 2.75) is 19.6 Å². The molecular formula is C21H24N2O3S.